The molecule has 1 aromatic rings. The molecule has 1 saturated heterocycles. The Morgan fingerprint density at radius 2 is 2.35 bits per heavy atom. The summed E-state index contributed by atoms with van der Waals surface area (Å²) >= 11 is 1.71. The Hall–Kier alpha value is -0.490. The Kier molecular flexibility index (Phi) is 3.65. The second-order valence-corrected chi connectivity index (χ2v) is 7.71. The number of fused-ring (bicyclic) bond motifs is 1. The molecule has 112 valence electrons. The summed E-state index contributed by atoms with van der Waals surface area (Å²) in [5.74, 6) is 0.501. The fraction of sp³-hybridized carbons (Fsp3) is 0.800. The van der Waals surface area contributed by atoms with Crippen LogP contribution in [0.25, 0.3) is 0 Å². The van der Waals surface area contributed by atoms with E-state index >= 15 is 0 Å². The van der Waals surface area contributed by atoms with E-state index in [0.29, 0.717) is 12.0 Å². The van der Waals surface area contributed by atoms with E-state index in [9.17, 15) is 0 Å². The minimum atomic E-state index is -0.156. The van der Waals surface area contributed by atoms with Gasteiger partial charge in [-0.15, -0.1) is 11.3 Å². The number of nitrogens with one attached hydrogen (secondary N) is 1. The molecule has 20 heavy (non-hydrogen) atoms. The van der Waals surface area contributed by atoms with Crippen LogP contribution in [0.2, 0.25) is 0 Å². The number of aryl methyl sites for hydroxylation is 1. The predicted molar refractivity (Wildman–Crippen MR) is 81.7 cm³/mol. The first-order valence-electron chi connectivity index (χ1n) is 7.47. The third-order valence-electron chi connectivity index (χ3n) is 5.44. The first-order chi connectivity index (χ1) is 9.47. The van der Waals surface area contributed by atoms with Gasteiger partial charge >= 0.3 is 0 Å². The van der Waals surface area contributed by atoms with Crippen LogP contribution in [0.1, 0.15) is 37.3 Å². The van der Waals surface area contributed by atoms with Crippen LogP contribution in [0.4, 0.5) is 0 Å². The van der Waals surface area contributed by atoms with Gasteiger partial charge in [0.25, 0.3) is 0 Å². The number of hydrogen-bond acceptors (Lipinski definition) is 5. The molecule has 2 aliphatic rings. The highest BCUT2D eigenvalue weighted by molar-refractivity contribution is 7.09. The van der Waals surface area contributed by atoms with E-state index in [1.807, 2.05) is 5.51 Å². The average Bonchev–Trinajstić information content (AvgIpc) is 2.84. The maximum Gasteiger partial charge on any atom is 0.0798 e. The summed E-state index contributed by atoms with van der Waals surface area (Å²) in [4.78, 5) is 5.59. The van der Waals surface area contributed by atoms with Gasteiger partial charge in [0.15, 0.2) is 0 Å². The summed E-state index contributed by atoms with van der Waals surface area (Å²) in [6, 6.07) is 0. The minimum absolute atomic E-state index is 0.0494. The first kappa shape index (κ1) is 14.4. The highest BCUT2D eigenvalue weighted by atomic mass is 32.1. The number of nitrogens with zero attached hydrogens (tertiary/aromatic N) is 1. The van der Waals surface area contributed by atoms with Crippen molar-refractivity contribution in [3.8, 4) is 0 Å². The number of nitrogens with two attached hydrogens (primary N) is 1. The molecule has 4 nitrogen and oxygen atoms in total. The Morgan fingerprint density at radius 1 is 1.55 bits per heavy atom. The lowest BCUT2D eigenvalue weighted by Crippen LogP contribution is -2.80. The number of thiazole rings is 1. The highest BCUT2D eigenvalue weighted by Gasteiger charge is 2.65. The SMILES string of the molecule is Cc1ncsc1CNCC1(N)C2CCCOC2C1(C)C. The molecule has 3 rings (SSSR count). The van der Waals surface area contributed by atoms with E-state index in [1.54, 1.807) is 11.3 Å². The van der Waals surface area contributed by atoms with Crippen LogP contribution in [-0.4, -0.2) is 29.8 Å². The number of hydrogen-bond donors (Lipinski definition) is 2. The van der Waals surface area contributed by atoms with Crippen molar-refractivity contribution in [3.05, 3.63) is 16.1 Å². The summed E-state index contributed by atoms with van der Waals surface area (Å²) in [5, 5.41) is 3.55. The number of ether oxygens (including phenoxy) is 1. The molecule has 1 aliphatic carbocycles. The molecule has 2 fully saturated rings. The third kappa shape index (κ3) is 2.03. The van der Waals surface area contributed by atoms with Crippen LogP contribution in [0.5, 0.6) is 0 Å². The highest BCUT2D eigenvalue weighted by Crippen LogP contribution is 2.56. The van der Waals surface area contributed by atoms with Crippen LogP contribution >= 0.6 is 11.3 Å². The molecule has 3 unspecified atom stereocenters. The van der Waals surface area contributed by atoms with E-state index in [2.05, 4.69) is 31.1 Å². The van der Waals surface area contributed by atoms with Gasteiger partial charge < -0.3 is 15.8 Å². The van der Waals surface area contributed by atoms with Gasteiger partial charge in [0.05, 0.1) is 17.3 Å². The largest absolute Gasteiger partial charge is 0.377 e. The lowest BCUT2D eigenvalue weighted by molar-refractivity contribution is -0.225. The molecule has 3 N–H and O–H groups in total. The zero-order chi connectivity index (χ0) is 14.4. The summed E-state index contributed by atoms with van der Waals surface area (Å²) in [6.45, 7) is 9.17. The molecule has 0 radical (unpaired) electrons. The van der Waals surface area contributed by atoms with Crippen molar-refractivity contribution in [2.45, 2.75) is 51.8 Å². The Balaban J connectivity index is 1.62. The van der Waals surface area contributed by atoms with Gasteiger partial charge in [0.1, 0.15) is 0 Å². The summed E-state index contributed by atoms with van der Waals surface area (Å²) < 4.78 is 5.94. The van der Waals surface area contributed by atoms with Crippen LogP contribution in [0, 0.1) is 18.3 Å². The van der Waals surface area contributed by atoms with Crippen LogP contribution in [0.15, 0.2) is 5.51 Å². The van der Waals surface area contributed by atoms with Crippen LogP contribution in [-0.2, 0) is 11.3 Å². The predicted octanol–water partition coefficient (Wildman–Crippen LogP) is 2.07. The molecule has 3 atom stereocenters. The second-order valence-electron chi connectivity index (χ2n) is 6.77. The molecule has 1 aliphatic heterocycles. The van der Waals surface area contributed by atoms with Crippen molar-refractivity contribution < 1.29 is 4.74 Å². The van der Waals surface area contributed by atoms with Crippen LogP contribution < -0.4 is 11.1 Å². The van der Waals surface area contributed by atoms with Gasteiger partial charge in [-0.3, -0.25) is 0 Å². The van der Waals surface area contributed by atoms with Crippen molar-refractivity contribution in [1.82, 2.24) is 10.3 Å². The second kappa shape index (κ2) is 5.05. The van der Waals surface area contributed by atoms with Gasteiger partial charge in [-0.05, 0) is 19.8 Å². The summed E-state index contributed by atoms with van der Waals surface area (Å²) in [6.07, 6.45) is 2.68. The van der Waals surface area contributed by atoms with E-state index in [0.717, 1.165) is 31.8 Å². The van der Waals surface area contributed by atoms with Crippen molar-refractivity contribution in [3.63, 3.8) is 0 Å². The molecular weight excluding hydrogens is 270 g/mol. The molecule has 5 heteroatoms. The first-order valence-corrected chi connectivity index (χ1v) is 8.35. The fourth-order valence-corrected chi connectivity index (χ4v) is 4.65. The molecule has 0 spiro atoms. The Morgan fingerprint density at radius 3 is 3.05 bits per heavy atom. The van der Waals surface area contributed by atoms with Crippen molar-refractivity contribution in [2.75, 3.05) is 13.2 Å². The quantitative estimate of drug-likeness (QED) is 0.893. The minimum Gasteiger partial charge on any atom is -0.377 e. The van der Waals surface area contributed by atoms with Crippen molar-refractivity contribution in [1.29, 1.82) is 0 Å². The topological polar surface area (TPSA) is 60.2 Å². The molecular formula is C15H25N3OS. The third-order valence-corrected chi connectivity index (χ3v) is 6.38. The maximum absolute atomic E-state index is 6.76. The monoisotopic (exact) mass is 295 g/mol. The molecule has 2 heterocycles. The van der Waals surface area contributed by atoms with Crippen LogP contribution in [0.3, 0.4) is 0 Å². The average molecular weight is 295 g/mol. The summed E-state index contributed by atoms with van der Waals surface area (Å²) in [5.41, 5.74) is 9.68. The van der Waals surface area contributed by atoms with E-state index < -0.39 is 0 Å². The molecule has 0 bridgehead atoms. The van der Waals surface area contributed by atoms with Gasteiger partial charge in [0.2, 0.25) is 0 Å². The Bertz CT molecular complexity index is 487. The van der Waals surface area contributed by atoms with Crippen molar-refractivity contribution in [2.24, 2.45) is 17.1 Å². The number of aromatic nitrogens is 1. The van der Waals surface area contributed by atoms with E-state index in [-0.39, 0.29) is 11.0 Å². The normalized spacial score (nSPS) is 35.4. The van der Waals surface area contributed by atoms with Gasteiger partial charge in [0, 0.05) is 41.4 Å². The molecule has 0 aromatic carbocycles. The lowest BCUT2D eigenvalue weighted by Gasteiger charge is -2.66. The van der Waals surface area contributed by atoms with Gasteiger partial charge in [-0.2, -0.15) is 0 Å². The van der Waals surface area contributed by atoms with Crippen molar-refractivity contribution >= 4 is 11.3 Å². The zero-order valence-electron chi connectivity index (χ0n) is 12.6. The van der Waals surface area contributed by atoms with Gasteiger partial charge in [-0.1, -0.05) is 13.8 Å². The number of rotatable bonds is 4. The molecule has 1 saturated carbocycles. The van der Waals surface area contributed by atoms with E-state index in [4.69, 9.17) is 10.5 Å². The zero-order valence-corrected chi connectivity index (χ0v) is 13.4. The summed E-state index contributed by atoms with van der Waals surface area (Å²) in [7, 11) is 0. The van der Waals surface area contributed by atoms with Gasteiger partial charge in [-0.25, -0.2) is 4.98 Å². The molecule has 1 aromatic heterocycles. The maximum atomic E-state index is 6.76. The standard InChI is InChI=1S/C15H25N3OS/c1-10-12(20-9-18-10)7-17-8-15(16)11-5-4-6-19-13(11)14(15,2)3/h9,11,13,17H,4-8,16H2,1-3H3. The van der Waals surface area contributed by atoms with E-state index in [1.165, 1.54) is 11.3 Å². The fourth-order valence-electron chi connectivity index (χ4n) is 3.90. The smallest absolute Gasteiger partial charge is 0.0798 e. The Labute approximate surface area is 125 Å². The molecule has 0 amide bonds. The lowest BCUT2D eigenvalue weighted by atomic mass is 9.46.